The molecule has 1 heterocycles. The molecule has 1 aromatic rings. The predicted octanol–water partition coefficient (Wildman–Crippen LogP) is 3.43. The minimum Gasteiger partial charge on any atom is -0.292 e. The summed E-state index contributed by atoms with van der Waals surface area (Å²) in [5, 5.41) is 3.28. The number of thiazole rings is 1. The van der Waals surface area contributed by atoms with Gasteiger partial charge < -0.3 is 0 Å². The van der Waals surface area contributed by atoms with Crippen molar-refractivity contribution in [2.45, 2.75) is 44.7 Å². The second-order valence-corrected chi connectivity index (χ2v) is 5.21. The molecule has 1 aliphatic rings. The first-order chi connectivity index (χ1) is 7.26. The van der Waals surface area contributed by atoms with Crippen LogP contribution in [-0.2, 0) is 5.88 Å². The van der Waals surface area contributed by atoms with Crippen LogP contribution in [0, 0.1) is 0 Å². The Morgan fingerprint density at radius 3 is 2.87 bits per heavy atom. The van der Waals surface area contributed by atoms with Crippen molar-refractivity contribution >= 4 is 22.9 Å². The van der Waals surface area contributed by atoms with E-state index in [1.807, 2.05) is 0 Å². The van der Waals surface area contributed by atoms with Crippen molar-refractivity contribution in [1.82, 2.24) is 9.88 Å². The summed E-state index contributed by atoms with van der Waals surface area (Å²) in [4.78, 5) is 7.09. The standard InChI is InChI=1S/C11H17ClN2S/c1-3-14(10-4-5-10)8(2)11-13-9(6-12)7-15-11/h7-8,10H,3-6H2,1-2H3. The molecule has 0 amide bonds. The monoisotopic (exact) mass is 244 g/mol. The quantitative estimate of drug-likeness (QED) is 0.738. The third-order valence-corrected chi connectivity index (χ3v) is 4.28. The van der Waals surface area contributed by atoms with E-state index in [2.05, 4.69) is 29.1 Å². The van der Waals surface area contributed by atoms with Crippen LogP contribution in [0.15, 0.2) is 5.38 Å². The molecule has 0 bridgehead atoms. The summed E-state index contributed by atoms with van der Waals surface area (Å²) in [5.74, 6) is 0.527. The number of halogens is 1. The number of aromatic nitrogens is 1. The van der Waals surface area contributed by atoms with Gasteiger partial charge in [-0.25, -0.2) is 4.98 Å². The molecule has 15 heavy (non-hydrogen) atoms. The van der Waals surface area contributed by atoms with Crippen molar-refractivity contribution in [3.8, 4) is 0 Å². The SMILES string of the molecule is CCN(C1CC1)C(C)c1nc(CCl)cs1. The Kier molecular flexibility index (Phi) is 3.65. The van der Waals surface area contributed by atoms with Crippen molar-refractivity contribution in [3.05, 3.63) is 16.1 Å². The van der Waals surface area contributed by atoms with Gasteiger partial charge in [-0.05, 0) is 26.3 Å². The Labute approximate surface area is 100 Å². The highest BCUT2D eigenvalue weighted by Gasteiger charge is 2.32. The Bertz CT molecular complexity index is 322. The van der Waals surface area contributed by atoms with Crippen molar-refractivity contribution in [3.63, 3.8) is 0 Å². The number of hydrogen-bond donors (Lipinski definition) is 0. The van der Waals surface area contributed by atoms with Crippen molar-refractivity contribution < 1.29 is 0 Å². The fourth-order valence-electron chi connectivity index (χ4n) is 1.97. The molecule has 84 valence electrons. The van der Waals surface area contributed by atoms with Crippen LogP contribution >= 0.6 is 22.9 Å². The van der Waals surface area contributed by atoms with E-state index in [1.54, 1.807) is 11.3 Å². The maximum absolute atomic E-state index is 5.76. The largest absolute Gasteiger partial charge is 0.292 e. The highest BCUT2D eigenvalue weighted by atomic mass is 35.5. The van der Waals surface area contributed by atoms with Gasteiger partial charge in [-0.15, -0.1) is 22.9 Å². The molecule has 1 fully saturated rings. The summed E-state index contributed by atoms with van der Waals surface area (Å²) < 4.78 is 0. The second-order valence-electron chi connectivity index (χ2n) is 4.05. The molecule has 2 rings (SSSR count). The zero-order chi connectivity index (χ0) is 10.8. The average molecular weight is 245 g/mol. The van der Waals surface area contributed by atoms with E-state index in [1.165, 1.54) is 17.8 Å². The van der Waals surface area contributed by atoms with Gasteiger partial charge in [-0.1, -0.05) is 6.92 Å². The van der Waals surface area contributed by atoms with Crippen LogP contribution in [0.4, 0.5) is 0 Å². The summed E-state index contributed by atoms with van der Waals surface area (Å²) >= 11 is 7.50. The summed E-state index contributed by atoms with van der Waals surface area (Å²) in [6.07, 6.45) is 2.71. The van der Waals surface area contributed by atoms with E-state index in [9.17, 15) is 0 Å². The predicted molar refractivity (Wildman–Crippen MR) is 65.5 cm³/mol. The lowest BCUT2D eigenvalue weighted by atomic mass is 10.3. The minimum atomic E-state index is 0.449. The number of hydrogen-bond acceptors (Lipinski definition) is 3. The van der Waals surface area contributed by atoms with Gasteiger partial charge in [0.1, 0.15) is 5.01 Å². The van der Waals surface area contributed by atoms with Crippen LogP contribution in [0.5, 0.6) is 0 Å². The lowest BCUT2D eigenvalue weighted by Gasteiger charge is -2.25. The van der Waals surface area contributed by atoms with Gasteiger partial charge in [0.25, 0.3) is 0 Å². The van der Waals surface area contributed by atoms with Gasteiger partial charge in [0, 0.05) is 11.4 Å². The van der Waals surface area contributed by atoms with Crippen LogP contribution < -0.4 is 0 Å². The van der Waals surface area contributed by atoms with Gasteiger partial charge >= 0.3 is 0 Å². The van der Waals surface area contributed by atoms with Crippen LogP contribution in [0.1, 0.15) is 43.4 Å². The second kappa shape index (κ2) is 4.81. The van der Waals surface area contributed by atoms with E-state index in [0.717, 1.165) is 18.3 Å². The van der Waals surface area contributed by atoms with Gasteiger partial charge in [-0.3, -0.25) is 4.90 Å². The molecule has 0 spiro atoms. The third-order valence-electron chi connectivity index (χ3n) is 2.94. The summed E-state index contributed by atoms with van der Waals surface area (Å²) in [6.45, 7) is 5.59. The van der Waals surface area contributed by atoms with Crippen LogP contribution in [0.3, 0.4) is 0 Å². The third kappa shape index (κ3) is 2.52. The molecular formula is C11H17ClN2S. The molecule has 4 heteroatoms. The summed E-state index contributed by atoms with van der Waals surface area (Å²) in [5.41, 5.74) is 1.01. The van der Waals surface area contributed by atoms with Gasteiger partial charge in [0.2, 0.25) is 0 Å². The van der Waals surface area contributed by atoms with Crippen LogP contribution in [-0.4, -0.2) is 22.5 Å². The Morgan fingerprint density at radius 1 is 1.67 bits per heavy atom. The fourth-order valence-corrected chi connectivity index (χ4v) is 3.10. The molecule has 0 radical (unpaired) electrons. The van der Waals surface area contributed by atoms with Crippen molar-refractivity contribution in [2.75, 3.05) is 6.54 Å². The molecule has 1 unspecified atom stereocenters. The molecule has 0 aromatic carbocycles. The van der Waals surface area contributed by atoms with Crippen molar-refractivity contribution in [2.24, 2.45) is 0 Å². The molecule has 0 aliphatic heterocycles. The van der Waals surface area contributed by atoms with E-state index in [4.69, 9.17) is 11.6 Å². The summed E-state index contributed by atoms with van der Waals surface area (Å²) in [6, 6.07) is 1.25. The summed E-state index contributed by atoms with van der Waals surface area (Å²) in [7, 11) is 0. The van der Waals surface area contributed by atoms with E-state index < -0.39 is 0 Å². The minimum absolute atomic E-state index is 0.449. The molecule has 0 saturated heterocycles. The molecule has 0 N–H and O–H groups in total. The van der Waals surface area contributed by atoms with Gasteiger partial charge in [0.15, 0.2) is 0 Å². The first-order valence-electron chi connectivity index (χ1n) is 5.52. The Balaban J connectivity index is 2.07. The zero-order valence-corrected chi connectivity index (χ0v) is 10.8. The van der Waals surface area contributed by atoms with Crippen molar-refractivity contribution in [1.29, 1.82) is 0 Å². The average Bonchev–Trinajstić information content (AvgIpc) is 2.97. The lowest BCUT2D eigenvalue weighted by molar-refractivity contribution is 0.211. The highest BCUT2D eigenvalue weighted by molar-refractivity contribution is 7.09. The molecule has 1 atom stereocenters. The Hall–Kier alpha value is -0.120. The smallest absolute Gasteiger partial charge is 0.110 e. The maximum atomic E-state index is 5.76. The molecular weight excluding hydrogens is 228 g/mol. The molecule has 1 saturated carbocycles. The first-order valence-corrected chi connectivity index (χ1v) is 6.93. The fraction of sp³-hybridized carbons (Fsp3) is 0.727. The van der Waals surface area contributed by atoms with Gasteiger partial charge in [0.05, 0.1) is 17.6 Å². The van der Waals surface area contributed by atoms with E-state index >= 15 is 0 Å². The number of nitrogens with zero attached hydrogens (tertiary/aromatic N) is 2. The highest BCUT2D eigenvalue weighted by Crippen LogP contribution is 2.34. The first kappa shape index (κ1) is 11.4. The topological polar surface area (TPSA) is 16.1 Å². The van der Waals surface area contributed by atoms with E-state index in [0.29, 0.717) is 11.9 Å². The van der Waals surface area contributed by atoms with Crippen LogP contribution in [0.2, 0.25) is 0 Å². The maximum Gasteiger partial charge on any atom is 0.110 e. The number of alkyl halides is 1. The van der Waals surface area contributed by atoms with Crippen LogP contribution in [0.25, 0.3) is 0 Å². The molecule has 1 aromatic heterocycles. The van der Waals surface area contributed by atoms with E-state index in [-0.39, 0.29) is 0 Å². The Morgan fingerprint density at radius 2 is 2.40 bits per heavy atom. The normalized spacial score (nSPS) is 18.4. The number of rotatable bonds is 5. The molecule has 1 aliphatic carbocycles. The lowest BCUT2D eigenvalue weighted by Crippen LogP contribution is -2.28. The molecule has 2 nitrogen and oxygen atoms in total. The van der Waals surface area contributed by atoms with Gasteiger partial charge in [-0.2, -0.15) is 0 Å². The zero-order valence-electron chi connectivity index (χ0n) is 9.24.